The second-order valence-electron chi connectivity index (χ2n) is 4.17. The van der Waals surface area contributed by atoms with Gasteiger partial charge in [0.15, 0.2) is 0 Å². The molecule has 0 aliphatic rings. The van der Waals surface area contributed by atoms with Crippen molar-refractivity contribution >= 4 is 27.8 Å². The lowest BCUT2D eigenvalue weighted by molar-refractivity contribution is 0.243. The number of carbonyl (C=O) groups excluding carboxylic acids is 1. The van der Waals surface area contributed by atoms with Gasteiger partial charge in [-0.2, -0.15) is 0 Å². The van der Waals surface area contributed by atoms with Crippen LogP contribution in [-0.2, 0) is 0 Å². The maximum absolute atomic E-state index is 11.5. The molecule has 0 radical (unpaired) electrons. The van der Waals surface area contributed by atoms with Gasteiger partial charge in [-0.25, -0.2) is 9.78 Å². The highest BCUT2D eigenvalue weighted by Gasteiger charge is 2.13. The van der Waals surface area contributed by atoms with Gasteiger partial charge < -0.3 is 5.32 Å². The number of nitrogens with one attached hydrogen (secondary N) is 2. The number of anilines is 1. The summed E-state index contributed by atoms with van der Waals surface area (Å²) in [5, 5.41) is 5.43. The molecule has 0 bridgehead atoms. The Morgan fingerprint density at radius 3 is 2.60 bits per heavy atom. The Balaban J connectivity index is 2.59. The molecule has 1 aromatic rings. The standard InChI is InChI=1S/C10H14BrN3O/c1-10(2,3)14-9(15)13-8-6-4-5-7(11)12-8/h4-6H,1-3H3,(H2,12,13,14,15). The summed E-state index contributed by atoms with van der Waals surface area (Å²) in [6.45, 7) is 5.75. The molecule has 1 aromatic heterocycles. The van der Waals surface area contributed by atoms with Crippen molar-refractivity contribution in [1.29, 1.82) is 0 Å². The van der Waals surface area contributed by atoms with E-state index in [1.807, 2.05) is 26.8 Å². The minimum Gasteiger partial charge on any atom is -0.333 e. The van der Waals surface area contributed by atoms with Crippen molar-refractivity contribution in [3.63, 3.8) is 0 Å². The Bertz CT molecular complexity index is 360. The Morgan fingerprint density at radius 2 is 2.07 bits per heavy atom. The molecule has 0 spiro atoms. The molecule has 4 nitrogen and oxygen atoms in total. The highest BCUT2D eigenvalue weighted by Crippen LogP contribution is 2.10. The van der Waals surface area contributed by atoms with Crippen LogP contribution in [0.1, 0.15) is 20.8 Å². The molecule has 0 aliphatic heterocycles. The van der Waals surface area contributed by atoms with E-state index >= 15 is 0 Å². The number of aromatic nitrogens is 1. The van der Waals surface area contributed by atoms with E-state index in [9.17, 15) is 4.79 Å². The van der Waals surface area contributed by atoms with Crippen molar-refractivity contribution in [2.24, 2.45) is 0 Å². The predicted molar refractivity (Wildman–Crippen MR) is 63.8 cm³/mol. The van der Waals surface area contributed by atoms with Gasteiger partial charge in [0.1, 0.15) is 10.4 Å². The van der Waals surface area contributed by atoms with Gasteiger partial charge >= 0.3 is 6.03 Å². The molecule has 0 aliphatic carbocycles. The number of hydrogen-bond acceptors (Lipinski definition) is 2. The third kappa shape index (κ3) is 4.78. The number of urea groups is 1. The maximum Gasteiger partial charge on any atom is 0.320 e. The normalized spacial score (nSPS) is 10.9. The van der Waals surface area contributed by atoms with Crippen molar-refractivity contribution in [1.82, 2.24) is 10.3 Å². The molecule has 2 N–H and O–H groups in total. The van der Waals surface area contributed by atoms with Gasteiger partial charge in [0.25, 0.3) is 0 Å². The van der Waals surface area contributed by atoms with Crippen molar-refractivity contribution in [2.75, 3.05) is 5.32 Å². The minimum absolute atomic E-state index is 0.254. The summed E-state index contributed by atoms with van der Waals surface area (Å²) in [6, 6.07) is 5.08. The van der Waals surface area contributed by atoms with E-state index in [1.54, 1.807) is 12.1 Å². The van der Waals surface area contributed by atoms with Gasteiger partial charge in [-0.1, -0.05) is 6.07 Å². The fourth-order valence-corrected chi connectivity index (χ4v) is 1.31. The summed E-state index contributed by atoms with van der Waals surface area (Å²) in [4.78, 5) is 15.5. The second kappa shape index (κ2) is 4.61. The van der Waals surface area contributed by atoms with Crippen LogP contribution in [0.5, 0.6) is 0 Å². The number of rotatable bonds is 1. The Labute approximate surface area is 97.6 Å². The molecule has 1 heterocycles. The first-order valence-corrected chi connectivity index (χ1v) is 5.38. The van der Waals surface area contributed by atoms with Gasteiger partial charge in [-0.15, -0.1) is 0 Å². The van der Waals surface area contributed by atoms with E-state index in [1.165, 1.54) is 0 Å². The van der Waals surface area contributed by atoms with Crippen LogP contribution in [0, 0.1) is 0 Å². The summed E-state index contributed by atoms with van der Waals surface area (Å²) < 4.78 is 0.691. The number of hydrogen-bond donors (Lipinski definition) is 2. The third-order valence-corrected chi connectivity index (χ3v) is 1.89. The number of carbonyl (C=O) groups is 1. The first-order valence-electron chi connectivity index (χ1n) is 4.58. The minimum atomic E-state index is -0.256. The smallest absolute Gasteiger partial charge is 0.320 e. The quantitative estimate of drug-likeness (QED) is 0.772. The molecule has 82 valence electrons. The maximum atomic E-state index is 11.5. The van der Waals surface area contributed by atoms with Crippen LogP contribution in [0.15, 0.2) is 22.8 Å². The fraction of sp³-hybridized carbons (Fsp3) is 0.400. The molecule has 15 heavy (non-hydrogen) atoms. The molecule has 0 unspecified atom stereocenters. The number of pyridine rings is 1. The van der Waals surface area contributed by atoms with E-state index < -0.39 is 0 Å². The van der Waals surface area contributed by atoms with Crippen LogP contribution < -0.4 is 10.6 Å². The van der Waals surface area contributed by atoms with Crippen LogP contribution in [-0.4, -0.2) is 16.6 Å². The summed E-state index contributed by atoms with van der Waals surface area (Å²) in [5.41, 5.74) is -0.254. The highest BCUT2D eigenvalue weighted by atomic mass is 79.9. The Kier molecular flexibility index (Phi) is 3.68. The van der Waals surface area contributed by atoms with Gasteiger partial charge in [0.05, 0.1) is 0 Å². The van der Waals surface area contributed by atoms with Gasteiger partial charge in [0, 0.05) is 5.54 Å². The van der Waals surface area contributed by atoms with Crippen LogP contribution >= 0.6 is 15.9 Å². The molecule has 1 rings (SSSR count). The second-order valence-corrected chi connectivity index (χ2v) is 4.99. The first kappa shape index (κ1) is 12.0. The number of halogens is 1. The SMILES string of the molecule is CC(C)(C)NC(=O)Nc1cccc(Br)n1. The highest BCUT2D eigenvalue weighted by molar-refractivity contribution is 9.10. The van der Waals surface area contributed by atoms with Crippen molar-refractivity contribution in [3.8, 4) is 0 Å². The summed E-state index contributed by atoms with van der Waals surface area (Å²) in [5.74, 6) is 0.520. The monoisotopic (exact) mass is 271 g/mol. The average molecular weight is 272 g/mol. The van der Waals surface area contributed by atoms with Crippen LogP contribution in [0.3, 0.4) is 0 Å². The van der Waals surface area contributed by atoms with Gasteiger partial charge in [-0.3, -0.25) is 5.32 Å². The van der Waals surface area contributed by atoms with Crippen molar-refractivity contribution in [3.05, 3.63) is 22.8 Å². The van der Waals surface area contributed by atoms with Gasteiger partial charge in [0.2, 0.25) is 0 Å². The zero-order valence-electron chi connectivity index (χ0n) is 8.97. The number of amides is 2. The number of nitrogens with zero attached hydrogens (tertiary/aromatic N) is 1. The van der Waals surface area contributed by atoms with Gasteiger partial charge in [-0.05, 0) is 48.8 Å². The lowest BCUT2D eigenvalue weighted by atomic mass is 10.1. The van der Waals surface area contributed by atoms with E-state index in [2.05, 4.69) is 31.5 Å². The molecule has 0 saturated carbocycles. The fourth-order valence-electron chi connectivity index (χ4n) is 0.966. The zero-order chi connectivity index (χ0) is 11.5. The molecular formula is C10H14BrN3O. The lowest BCUT2D eigenvalue weighted by Gasteiger charge is -2.20. The van der Waals surface area contributed by atoms with E-state index in [0.29, 0.717) is 10.4 Å². The molecule has 5 heteroatoms. The largest absolute Gasteiger partial charge is 0.333 e. The lowest BCUT2D eigenvalue weighted by Crippen LogP contribution is -2.43. The average Bonchev–Trinajstić information content (AvgIpc) is 1.99. The molecule has 0 atom stereocenters. The van der Waals surface area contributed by atoms with E-state index in [-0.39, 0.29) is 11.6 Å². The molecule has 0 saturated heterocycles. The molecule has 2 amide bonds. The molecular weight excluding hydrogens is 258 g/mol. The zero-order valence-corrected chi connectivity index (χ0v) is 10.6. The predicted octanol–water partition coefficient (Wildman–Crippen LogP) is 2.76. The van der Waals surface area contributed by atoms with Crippen LogP contribution in [0.2, 0.25) is 0 Å². The summed E-state index contributed by atoms with van der Waals surface area (Å²) in [6.07, 6.45) is 0. The van der Waals surface area contributed by atoms with E-state index in [0.717, 1.165) is 0 Å². The molecule has 0 fully saturated rings. The Hall–Kier alpha value is -1.10. The molecule has 0 aromatic carbocycles. The topological polar surface area (TPSA) is 54.0 Å². The first-order chi connectivity index (χ1) is 6.87. The van der Waals surface area contributed by atoms with E-state index in [4.69, 9.17) is 0 Å². The van der Waals surface area contributed by atoms with Crippen molar-refractivity contribution < 1.29 is 4.79 Å². The summed E-state index contributed by atoms with van der Waals surface area (Å²) in [7, 11) is 0. The van der Waals surface area contributed by atoms with Crippen LogP contribution in [0.25, 0.3) is 0 Å². The Morgan fingerprint density at radius 1 is 1.40 bits per heavy atom. The van der Waals surface area contributed by atoms with Crippen molar-refractivity contribution in [2.45, 2.75) is 26.3 Å². The summed E-state index contributed by atoms with van der Waals surface area (Å²) >= 11 is 3.23. The van der Waals surface area contributed by atoms with Crippen LogP contribution in [0.4, 0.5) is 10.6 Å². The third-order valence-electron chi connectivity index (χ3n) is 1.45.